The summed E-state index contributed by atoms with van der Waals surface area (Å²) in [7, 11) is 0. The molecule has 2 fully saturated rings. The SMILES string of the molecule is O=C(O)c1cccc([C@@H]2C[C@@H]2c2ccc(OCc3c(-c4c(Cl)cccc4Cl)noc3C3CC3)cc2Cl)c1. The Labute approximate surface area is 228 Å². The first-order valence-corrected chi connectivity index (χ1v) is 13.2. The highest BCUT2D eigenvalue weighted by Gasteiger charge is 2.41. The molecule has 1 N–H and O–H groups in total. The van der Waals surface area contributed by atoms with E-state index >= 15 is 0 Å². The van der Waals surface area contributed by atoms with Crippen LogP contribution in [0.3, 0.4) is 0 Å². The zero-order chi connectivity index (χ0) is 25.7. The van der Waals surface area contributed by atoms with Crippen molar-refractivity contribution in [2.24, 2.45) is 0 Å². The fourth-order valence-electron chi connectivity index (χ4n) is 4.91. The first-order valence-electron chi connectivity index (χ1n) is 12.1. The minimum absolute atomic E-state index is 0.246. The fourth-order valence-corrected chi connectivity index (χ4v) is 5.80. The molecule has 3 aromatic carbocycles. The standard InChI is InChI=1S/C29H22Cl3NO4/c30-23-5-2-6-24(31)26(23)27-22(28(37-33-27)15-7-8-15)14-36-18-9-10-19(25(32)12-18)21-13-20(21)16-3-1-4-17(11-16)29(34)35/h1-6,9-12,15,20-21H,7-8,13-14H2,(H,34,35)/t20-,21+/m0/s1. The molecule has 2 saturated carbocycles. The van der Waals surface area contributed by atoms with Gasteiger partial charge in [0.15, 0.2) is 0 Å². The number of aromatic nitrogens is 1. The lowest BCUT2D eigenvalue weighted by Crippen LogP contribution is -2.00. The molecule has 37 heavy (non-hydrogen) atoms. The molecule has 2 aliphatic rings. The van der Waals surface area contributed by atoms with Gasteiger partial charge in [0.2, 0.25) is 0 Å². The number of rotatable bonds is 8. The van der Waals surface area contributed by atoms with Gasteiger partial charge in [-0.25, -0.2) is 4.79 Å². The number of carbonyl (C=O) groups is 1. The lowest BCUT2D eigenvalue weighted by atomic mass is 10.0. The van der Waals surface area contributed by atoms with Crippen molar-refractivity contribution in [1.82, 2.24) is 5.16 Å². The van der Waals surface area contributed by atoms with E-state index in [9.17, 15) is 9.90 Å². The van der Waals surface area contributed by atoms with Crippen LogP contribution >= 0.6 is 34.8 Å². The first kappa shape index (κ1) is 24.4. The minimum atomic E-state index is -0.920. The van der Waals surface area contributed by atoms with E-state index in [0.29, 0.717) is 43.6 Å². The van der Waals surface area contributed by atoms with E-state index in [1.807, 2.05) is 24.3 Å². The summed E-state index contributed by atoms with van der Waals surface area (Å²) in [6.07, 6.45) is 3.03. The summed E-state index contributed by atoms with van der Waals surface area (Å²) >= 11 is 19.6. The Morgan fingerprint density at radius 1 is 0.973 bits per heavy atom. The Balaban J connectivity index is 1.21. The van der Waals surface area contributed by atoms with Gasteiger partial charge in [0.1, 0.15) is 23.8 Å². The Morgan fingerprint density at radius 3 is 2.43 bits per heavy atom. The van der Waals surface area contributed by atoms with Crippen molar-refractivity contribution in [3.05, 3.63) is 104 Å². The predicted octanol–water partition coefficient (Wildman–Crippen LogP) is 8.73. The first-order chi connectivity index (χ1) is 17.9. The molecule has 0 aliphatic heterocycles. The average molecular weight is 555 g/mol. The molecule has 0 radical (unpaired) electrons. The lowest BCUT2D eigenvalue weighted by molar-refractivity contribution is 0.0696. The van der Waals surface area contributed by atoms with E-state index in [0.717, 1.165) is 41.7 Å². The van der Waals surface area contributed by atoms with Gasteiger partial charge >= 0.3 is 5.97 Å². The maximum Gasteiger partial charge on any atom is 0.335 e. The maximum absolute atomic E-state index is 11.3. The van der Waals surface area contributed by atoms with Crippen LogP contribution in [0.1, 0.15) is 69.8 Å². The Bertz CT molecular complexity index is 1490. The number of aromatic carboxylic acids is 1. The summed E-state index contributed by atoms with van der Waals surface area (Å²) in [4.78, 5) is 11.3. The van der Waals surface area contributed by atoms with Gasteiger partial charge in [-0.3, -0.25) is 0 Å². The molecule has 2 aliphatic carbocycles. The summed E-state index contributed by atoms with van der Waals surface area (Å²) in [6.45, 7) is 0.246. The van der Waals surface area contributed by atoms with Gasteiger partial charge in [0, 0.05) is 16.5 Å². The second kappa shape index (κ2) is 9.71. The van der Waals surface area contributed by atoms with Crippen molar-refractivity contribution in [1.29, 1.82) is 0 Å². The van der Waals surface area contributed by atoms with Gasteiger partial charge < -0.3 is 14.4 Å². The molecule has 4 aromatic rings. The molecule has 6 rings (SSSR count). The van der Waals surface area contributed by atoms with Crippen LogP contribution in [-0.4, -0.2) is 16.2 Å². The molecule has 188 valence electrons. The molecule has 2 atom stereocenters. The van der Waals surface area contributed by atoms with Crippen LogP contribution in [0.4, 0.5) is 0 Å². The predicted molar refractivity (Wildman–Crippen MR) is 143 cm³/mol. The topological polar surface area (TPSA) is 72.6 Å². The van der Waals surface area contributed by atoms with Gasteiger partial charge in [-0.15, -0.1) is 0 Å². The molecule has 0 saturated heterocycles. The van der Waals surface area contributed by atoms with Crippen molar-refractivity contribution in [2.75, 3.05) is 0 Å². The quantitative estimate of drug-likeness (QED) is 0.236. The molecule has 0 bridgehead atoms. The number of halogens is 3. The van der Waals surface area contributed by atoms with E-state index in [1.165, 1.54) is 0 Å². The van der Waals surface area contributed by atoms with E-state index in [2.05, 4.69) is 5.16 Å². The van der Waals surface area contributed by atoms with Crippen LogP contribution in [-0.2, 0) is 6.61 Å². The van der Waals surface area contributed by atoms with Crippen molar-refractivity contribution in [3.63, 3.8) is 0 Å². The Hall–Kier alpha value is -2.99. The third-order valence-corrected chi connectivity index (χ3v) is 8.03. The molecule has 1 heterocycles. The van der Waals surface area contributed by atoms with Gasteiger partial charge in [-0.1, -0.05) is 64.2 Å². The average Bonchev–Trinajstić information content (AvgIpc) is 3.81. The van der Waals surface area contributed by atoms with Crippen LogP contribution in [0.15, 0.2) is 65.2 Å². The highest BCUT2D eigenvalue weighted by molar-refractivity contribution is 6.39. The van der Waals surface area contributed by atoms with Gasteiger partial charge in [-0.05, 0) is 78.6 Å². The van der Waals surface area contributed by atoms with Crippen molar-refractivity contribution in [3.8, 4) is 17.0 Å². The third kappa shape index (κ3) is 4.84. The highest BCUT2D eigenvalue weighted by Crippen LogP contribution is 2.56. The summed E-state index contributed by atoms with van der Waals surface area (Å²) in [5, 5.41) is 15.2. The van der Waals surface area contributed by atoms with Gasteiger partial charge in [0.05, 0.1) is 21.2 Å². The zero-order valence-electron chi connectivity index (χ0n) is 19.6. The molecule has 0 spiro atoms. The third-order valence-electron chi connectivity index (χ3n) is 7.07. The zero-order valence-corrected chi connectivity index (χ0v) is 21.9. The normalized spacial score (nSPS) is 18.6. The molecule has 0 amide bonds. The second-order valence-electron chi connectivity index (χ2n) is 9.60. The summed E-state index contributed by atoms with van der Waals surface area (Å²) in [6, 6.07) is 18.2. The second-order valence-corrected chi connectivity index (χ2v) is 10.8. The number of carboxylic acids is 1. The lowest BCUT2D eigenvalue weighted by Gasteiger charge is -2.11. The van der Waals surface area contributed by atoms with Crippen molar-refractivity contribution in [2.45, 2.75) is 43.6 Å². The summed E-state index contributed by atoms with van der Waals surface area (Å²) in [5.41, 5.74) is 4.44. The Morgan fingerprint density at radius 2 is 1.73 bits per heavy atom. The summed E-state index contributed by atoms with van der Waals surface area (Å²) in [5.74, 6) is 1.37. The van der Waals surface area contributed by atoms with Crippen LogP contribution in [0.5, 0.6) is 5.75 Å². The van der Waals surface area contributed by atoms with E-state index in [-0.39, 0.29) is 18.4 Å². The van der Waals surface area contributed by atoms with E-state index in [4.69, 9.17) is 44.1 Å². The molecule has 0 unspecified atom stereocenters. The van der Waals surface area contributed by atoms with Crippen LogP contribution in [0, 0.1) is 0 Å². The van der Waals surface area contributed by atoms with Crippen molar-refractivity contribution < 1.29 is 19.2 Å². The number of carboxylic acid groups (broad SMARTS) is 1. The largest absolute Gasteiger partial charge is 0.489 e. The summed E-state index contributed by atoms with van der Waals surface area (Å²) < 4.78 is 11.9. The number of nitrogens with zero attached hydrogens (tertiary/aromatic N) is 1. The highest BCUT2D eigenvalue weighted by atomic mass is 35.5. The van der Waals surface area contributed by atoms with Crippen LogP contribution < -0.4 is 4.74 Å². The molecule has 5 nitrogen and oxygen atoms in total. The van der Waals surface area contributed by atoms with E-state index < -0.39 is 5.97 Å². The monoisotopic (exact) mass is 553 g/mol. The number of ether oxygens (including phenoxy) is 1. The number of benzene rings is 3. The van der Waals surface area contributed by atoms with Gasteiger partial charge in [-0.2, -0.15) is 0 Å². The van der Waals surface area contributed by atoms with Crippen molar-refractivity contribution >= 4 is 40.8 Å². The molecular formula is C29H22Cl3NO4. The van der Waals surface area contributed by atoms with Gasteiger partial charge in [0.25, 0.3) is 0 Å². The Kier molecular flexibility index (Phi) is 6.39. The van der Waals surface area contributed by atoms with E-state index in [1.54, 1.807) is 36.4 Å². The molecule has 1 aromatic heterocycles. The molecule has 8 heteroatoms. The molecular weight excluding hydrogens is 533 g/mol. The number of hydrogen-bond acceptors (Lipinski definition) is 4. The number of hydrogen-bond donors (Lipinski definition) is 1. The minimum Gasteiger partial charge on any atom is -0.489 e. The van der Waals surface area contributed by atoms with Crippen LogP contribution in [0.2, 0.25) is 15.1 Å². The fraction of sp³-hybridized carbons (Fsp3) is 0.241. The van der Waals surface area contributed by atoms with Crippen LogP contribution in [0.25, 0.3) is 11.3 Å². The smallest absolute Gasteiger partial charge is 0.335 e. The maximum atomic E-state index is 11.3.